The number of ether oxygens (including phenoxy) is 1. The minimum Gasteiger partial charge on any atom is -0.478 e. The fraction of sp³-hybridized carbons (Fsp3) is 0.500. The molecule has 1 N–H and O–H groups in total. The lowest BCUT2D eigenvalue weighted by Crippen LogP contribution is -2.46. The van der Waals surface area contributed by atoms with E-state index < -0.39 is 16.0 Å². The summed E-state index contributed by atoms with van der Waals surface area (Å²) in [7, 11) is -2.08. The fourth-order valence-corrected chi connectivity index (χ4v) is 4.70. The Labute approximate surface area is 138 Å². The number of nitrogens with zero attached hydrogens (tertiary/aromatic N) is 1. The van der Waals surface area contributed by atoms with E-state index in [2.05, 4.69) is 15.9 Å². The van der Waals surface area contributed by atoms with E-state index in [4.69, 9.17) is 9.84 Å². The van der Waals surface area contributed by atoms with Crippen LogP contribution < -0.4 is 0 Å². The summed E-state index contributed by atoms with van der Waals surface area (Å²) in [4.78, 5) is 11.1. The molecular weight excluding hydrogens is 374 g/mol. The van der Waals surface area contributed by atoms with Gasteiger partial charge in [-0.25, -0.2) is 13.2 Å². The van der Waals surface area contributed by atoms with E-state index >= 15 is 0 Å². The highest BCUT2D eigenvalue weighted by molar-refractivity contribution is 9.10. The van der Waals surface area contributed by atoms with Crippen molar-refractivity contribution < 1.29 is 23.1 Å². The number of carboxylic acids is 1. The third-order valence-corrected chi connectivity index (χ3v) is 6.48. The highest BCUT2D eigenvalue weighted by Crippen LogP contribution is 2.28. The van der Waals surface area contributed by atoms with Gasteiger partial charge in [-0.05, 0) is 46.5 Å². The number of hydrogen-bond acceptors (Lipinski definition) is 4. The summed E-state index contributed by atoms with van der Waals surface area (Å²) in [5, 5.41) is 9.00. The molecule has 2 rings (SSSR count). The van der Waals surface area contributed by atoms with E-state index in [1.54, 1.807) is 7.11 Å². The summed E-state index contributed by atoms with van der Waals surface area (Å²) in [6.07, 6.45) is 0.594. The largest absolute Gasteiger partial charge is 0.478 e. The van der Waals surface area contributed by atoms with Crippen molar-refractivity contribution in [3.05, 3.63) is 28.2 Å². The third kappa shape index (κ3) is 3.34. The Morgan fingerprint density at radius 3 is 2.68 bits per heavy atom. The highest BCUT2D eigenvalue weighted by Gasteiger charge is 2.34. The molecule has 122 valence electrons. The molecule has 1 aromatic carbocycles. The molecule has 0 aliphatic carbocycles. The predicted molar refractivity (Wildman–Crippen MR) is 84.4 cm³/mol. The zero-order valence-electron chi connectivity index (χ0n) is 12.3. The highest BCUT2D eigenvalue weighted by atomic mass is 79.9. The van der Waals surface area contributed by atoms with Crippen LogP contribution >= 0.6 is 15.9 Å². The molecule has 1 aliphatic rings. The molecule has 1 saturated heterocycles. The minimum absolute atomic E-state index is 0.0287. The van der Waals surface area contributed by atoms with Crippen LogP contribution in [0.4, 0.5) is 0 Å². The maximum Gasteiger partial charge on any atom is 0.336 e. The zero-order valence-corrected chi connectivity index (χ0v) is 14.7. The lowest BCUT2D eigenvalue weighted by atomic mass is 9.97. The van der Waals surface area contributed by atoms with Crippen LogP contribution in [0.25, 0.3) is 0 Å². The first-order valence-electron chi connectivity index (χ1n) is 6.83. The second-order valence-electron chi connectivity index (χ2n) is 5.35. The summed E-state index contributed by atoms with van der Waals surface area (Å²) < 4.78 is 32.4. The summed E-state index contributed by atoms with van der Waals surface area (Å²) in [5.74, 6) is -0.806. The molecule has 1 heterocycles. The van der Waals surface area contributed by atoms with Gasteiger partial charge >= 0.3 is 5.97 Å². The quantitative estimate of drug-likeness (QED) is 0.850. The molecule has 1 aromatic rings. The number of rotatable bonds is 4. The molecule has 0 radical (unpaired) electrons. The molecule has 0 amide bonds. The Hall–Kier alpha value is -0.960. The number of hydrogen-bond donors (Lipinski definition) is 1. The number of methoxy groups -OCH3 is 1. The van der Waals surface area contributed by atoms with Crippen molar-refractivity contribution in [2.75, 3.05) is 20.2 Å². The molecule has 0 spiro atoms. The van der Waals surface area contributed by atoms with Gasteiger partial charge in [-0.3, -0.25) is 0 Å². The second-order valence-corrected chi connectivity index (χ2v) is 8.14. The number of carbonyl (C=O) groups is 1. The lowest BCUT2D eigenvalue weighted by Gasteiger charge is -2.35. The molecule has 8 heteroatoms. The lowest BCUT2D eigenvalue weighted by molar-refractivity contribution is 0.0184. The summed E-state index contributed by atoms with van der Waals surface area (Å²) in [5.41, 5.74) is 0.0287. The number of benzene rings is 1. The normalized spacial score (nSPS) is 23.4. The Kier molecular flexibility index (Phi) is 5.26. The van der Waals surface area contributed by atoms with E-state index in [-0.39, 0.29) is 21.0 Å². The van der Waals surface area contributed by atoms with Crippen LogP contribution in [-0.2, 0) is 14.8 Å². The van der Waals surface area contributed by atoms with Gasteiger partial charge in [0.15, 0.2) is 0 Å². The minimum atomic E-state index is -3.66. The SMILES string of the molecule is COC1CN(S(=O)(=O)c2ccc(C(=O)O)c(Br)c2)CCC1C. The van der Waals surface area contributed by atoms with E-state index in [1.807, 2.05) is 6.92 Å². The molecule has 1 fully saturated rings. The summed E-state index contributed by atoms with van der Waals surface area (Å²) in [6, 6.07) is 3.95. The zero-order chi connectivity index (χ0) is 16.5. The van der Waals surface area contributed by atoms with Gasteiger partial charge in [0.2, 0.25) is 10.0 Å². The number of halogens is 1. The maximum absolute atomic E-state index is 12.7. The molecule has 0 aromatic heterocycles. The fourth-order valence-electron chi connectivity index (χ4n) is 2.51. The molecule has 22 heavy (non-hydrogen) atoms. The first kappa shape index (κ1) is 17.4. The number of aromatic carboxylic acids is 1. The molecule has 2 atom stereocenters. The second kappa shape index (κ2) is 6.66. The van der Waals surface area contributed by atoms with Gasteiger partial charge in [0.1, 0.15) is 0 Å². The van der Waals surface area contributed by atoms with Crippen molar-refractivity contribution in [1.29, 1.82) is 0 Å². The van der Waals surface area contributed by atoms with Crippen LogP contribution in [0.5, 0.6) is 0 Å². The van der Waals surface area contributed by atoms with E-state index in [0.717, 1.165) is 6.42 Å². The van der Waals surface area contributed by atoms with Crippen molar-refractivity contribution >= 4 is 31.9 Å². The van der Waals surface area contributed by atoms with Crippen molar-refractivity contribution in [1.82, 2.24) is 4.31 Å². The van der Waals surface area contributed by atoms with Crippen LogP contribution in [0, 0.1) is 5.92 Å². The molecular formula is C14H18BrNO5S. The van der Waals surface area contributed by atoms with E-state index in [0.29, 0.717) is 19.0 Å². The molecule has 1 aliphatic heterocycles. The van der Waals surface area contributed by atoms with Gasteiger partial charge in [-0.2, -0.15) is 4.31 Å². The van der Waals surface area contributed by atoms with Crippen molar-refractivity contribution in [2.24, 2.45) is 5.92 Å². The van der Waals surface area contributed by atoms with Gasteiger partial charge in [0.05, 0.1) is 16.6 Å². The Morgan fingerprint density at radius 1 is 1.45 bits per heavy atom. The molecule has 0 bridgehead atoms. The molecule has 6 nitrogen and oxygen atoms in total. The first-order valence-corrected chi connectivity index (χ1v) is 9.06. The number of sulfonamides is 1. The van der Waals surface area contributed by atoms with Gasteiger partial charge in [-0.1, -0.05) is 6.92 Å². The smallest absolute Gasteiger partial charge is 0.336 e. The van der Waals surface area contributed by atoms with Crippen LogP contribution in [0.15, 0.2) is 27.6 Å². The summed E-state index contributed by atoms with van der Waals surface area (Å²) in [6.45, 7) is 2.77. The van der Waals surface area contributed by atoms with E-state index in [1.165, 1.54) is 22.5 Å². The van der Waals surface area contributed by atoms with Gasteiger partial charge in [0.25, 0.3) is 0 Å². The van der Waals surface area contributed by atoms with Gasteiger partial charge < -0.3 is 9.84 Å². The van der Waals surface area contributed by atoms with Crippen LogP contribution in [0.3, 0.4) is 0 Å². The standard InChI is InChI=1S/C14H18BrNO5S/c1-9-5-6-16(8-13(9)21-2)22(19,20)10-3-4-11(14(17)18)12(15)7-10/h3-4,7,9,13H,5-6,8H2,1-2H3,(H,17,18). The monoisotopic (exact) mass is 391 g/mol. The Bertz CT molecular complexity index is 676. The molecule has 0 saturated carbocycles. The Balaban J connectivity index is 2.31. The van der Waals surface area contributed by atoms with Gasteiger partial charge in [-0.15, -0.1) is 0 Å². The maximum atomic E-state index is 12.7. The van der Waals surface area contributed by atoms with Crippen molar-refractivity contribution in [3.63, 3.8) is 0 Å². The summed E-state index contributed by atoms with van der Waals surface area (Å²) >= 11 is 3.11. The topological polar surface area (TPSA) is 83.9 Å². The molecule has 2 unspecified atom stereocenters. The van der Waals surface area contributed by atoms with Crippen LogP contribution in [0.2, 0.25) is 0 Å². The number of piperidine rings is 1. The van der Waals surface area contributed by atoms with Crippen molar-refractivity contribution in [3.8, 4) is 0 Å². The van der Waals surface area contributed by atoms with Gasteiger partial charge in [0, 0.05) is 24.7 Å². The van der Waals surface area contributed by atoms with Crippen molar-refractivity contribution in [2.45, 2.75) is 24.3 Å². The first-order chi connectivity index (χ1) is 10.3. The third-order valence-electron chi connectivity index (χ3n) is 3.96. The average Bonchev–Trinajstić information content (AvgIpc) is 2.47. The van der Waals surface area contributed by atoms with E-state index in [9.17, 15) is 13.2 Å². The number of carboxylic acid groups (broad SMARTS) is 1. The average molecular weight is 392 g/mol. The predicted octanol–water partition coefficient (Wildman–Crippen LogP) is 2.19. The Morgan fingerprint density at radius 2 is 2.14 bits per heavy atom. The van der Waals surface area contributed by atoms with Crippen LogP contribution in [-0.4, -0.2) is 50.1 Å². The van der Waals surface area contributed by atoms with Crippen LogP contribution in [0.1, 0.15) is 23.7 Å².